The molecule has 0 aliphatic heterocycles. The summed E-state index contributed by atoms with van der Waals surface area (Å²) in [5.74, 6) is 0.804. The van der Waals surface area contributed by atoms with Crippen LogP contribution in [0.1, 0.15) is 46.0 Å². The number of hydrogen-bond acceptors (Lipinski definition) is 2. The van der Waals surface area contributed by atoms with Crippen LogP contribution in [0, 0.1) is 0 Å². The Morgan fingerprint density at radius 1 is 1.47 bits per heavy atom. The Hall–Kier alpha value is -0.280. The fourth-order valence-corrected chi connectivity index (χ4v) is 2.42. The van der Waals surface area contributed by atoms with Crippen LogP contribution in [0.2, 0.25) is 0 Å². The molecule has 1 fully saturated rings. The van der Waals surface area contributed by atoms with Gasteiger partial charge in [-0.05, 0) is 39.5 Å². The molecular formula is C13H24ClNO2. The van der Waals surface area contributed by atoms with Crippen molar-refractivity contribution in [2.24, 2.45) is 0 Å². The first-order chi connectivity index (χ1) is 8.04. The minimum Gasteiger partial charge on any atom is -0.378 e. The van der Waals surface area contributed by atoms with Gasteiger partial charge in [0.15, 0.2) is 0 Å². The van der Waals surface area contributed by atoms with E-state index < -0.39 is 0 Å². The molecule has 1 saturated carbocycles. The van der Waals surface area contributed by atoms with Gasteiger partial charge in [0.05, 0.1) is 12.0 Å². The Morgan fingerprint density at radius 2 is 2.12 bits per heavy atom. The van der Waals surface area contributed by atoms with Gasteiger partial charge in [-0.25, -0.2) is 0 Å². The molecule has 0 radical (unpaired) electrons. The van der Waals surface area contributed by atoms with E-state index in [0.717, 1.165) is 25.8 Å². The van der Waals surface area contributed by atoms with Gasteiger partial charge in [0.1, 0.15) is 0 Å². The average molecular weight is 262 g/mol. The summed E-state index contributed by atoms with van der Waals surface area (Å²) in [7, 11) is 1.71. The van der Waals surface area contributed by atoms with Gasteiger partial charge in [-0.15, -0.1) is 11.6 Å². The second kappa shape index (κ2) is 6.60. The third-order valence-electron chi connectivity index (χ3n) is 3.65. The van der Waals surface area contributed by atoms with Crippen LogP contribution >= 0.6 is 11.6 Å². The molecule has 4 heteroatoms. The summed E-state index contributed by atoms with van der Waals surface area (Å²) >= 11 is 5.69. The van der Waals surface area contributed by atoms with Crippen LogP contribution < -0.4 is 0 Å². The molecule has 1 aliphatic carbocycles. The van der Waals surface area contributed by atoms with E-state index in [-0.39, 0.29) is 17.6 Å². The molecule has 1 amide bonds. The first kappa shape index (κ1) is 14.8. The molecule has 1 rings (SSSR count). The molecule has 0 unspecified atom stereocenters. The monoisotopic (exact) mass is 261 g/mol. The molecule has 17 heavy (non-hydrogen) atoms. The first-order valence-corrected chi connectivity index (χ1v) is 6.99. The predicted octanol–water partition coefficient (Wildman–Crippen LogP) is 2.81. The zero-order valence-electron chi connectivity index (χ0n) is 11.2. The van der Waals surface area contributed by atoms with E-state index >= 15 is 0 Å². The molecule has 0 atom stereocenters. The predicted molar refractivity (Wildman–Crippen MR) is 70.4 cm³/mol. The van der Waals surface area contributed by atoms with Gasteiger partial charge < -0.3 is 9.64 Å². The van der Waals surface area contributed by atoms with Crippen molar-refractivity contribution >= 4 is 17.5 Å². The second-order valence-electron chi connectivity index (χ2n) is 5.14. The van der Waals surface area contributed by atoms with Crippen molar-refractivity contribution in [3.8, 4) is 0 Å². The maximum Gasteiger partial charge on any atom is 0.225 e. The van der Waals surface area contributed by atoms with Crippen molar-refractivity contribution in [3.05, 3.63) is 0 Å². The van der Waals surface area contributed by atoms with Crippen LogP contribution in [-0.4, -0.2) is 42.0 Å². The van der Waals surface area contributed by atoms with Crippen molar-refractivity contribution in [2.45, 2.75) is 57.6 Å². The molecule has 0 heterocycles. The summed E-state index contributed by atoms with van der Waals surface area (Å²) in [5, 5.41) is 0. The van der Waals surface area contributed by atoms with Crippen LogP contribution in [0.15, 0.2) is 0 Å². The molecule has 0 N–H and O–H groups in total. The molecule has 0 spiro atoms. The van der Waals surface area contributed by atoms with Crippen molar-refractivity contribution in [1.82, 2.24) is 4.90 Å². The minimum absolute atomic E-state index is 0.175. The summed E-state index contributed by atoms with van der Waals surface area (Å²) in [6.07, 6.45) is 4.56. The number of ether oxygens (including phenoxy) is 1. The van der Waals surface area contributed by atoms with Crippen molar-refractivity contribution in [3.63, 3.8) is 0 Å². The van der Waals surface area contributed by atoms with Crippen LogP contribution in [0.4, 0.5) is 0 Å². The summed E-state index contributed by atoms with van der Waals surface area (Å²) in [5.41, 5.74) is -0.175. The number of hydrogen-bond donors (Lipinski definition) is 0. The Labute approximate surface area is 109 Å². The lowest BCUT2D eigenvalue weighted by atomic mass is 9.77. The van der Waals surface area contributed by atoms with Gasteiger partial charge in [0, 0.05) is 25.6 Å². The van der Waals surface area contributed by atoms with E-state index in [2.05, 4.69) is 0 Å². The van der Waals surface area contributed by atoms with Gasteiger partial charge in [-0.2, -0.15) is 0 Å². The number of amides is 1. The molecule has 0 aromatic carbocycles. The van der Waals surface area contributed by atoms with Crippen molar-refractivity contribution < 1.29 is 9.53 Å². The van der Waals surface area contributed by atoms with Gasteiger partial charge in [0.2, 0.25) is 5.91 Å². The smallest absolute Gasteiger partial charge is 0.225 e. The molecule has 0 aromatic rings. The highest BCUT2D eigenvalue weighted by molar-refractivity contribution is 6.17. The van der Waals surface area contributed by atoms with Crippen LogP contribution in [-0.2, 0) is 9.53 Å². The third kappa shape index (κ3) is 3.85. The number of methoxy groups -OCH3 is 1. The van der Waals surface area contributed by atoms with E-state index in [1.807, 2.05) is 18.7 Å². The fraction of sp³-hybridized carbons (Fsp3) is 0.923. The van der Waals surface area contributed by atoms with Crippen molar-refractivity contribution in [2.75, 3.05) is 19.5 Å². The SMILES string of the molecule is COC1(CC(=O)N(CCCCl)C(C)C)CCC1. The number of halogens is 1. The van der Waals surface area contributed by atoms with Gasteiger partial charge in [-0.1, -0.05) is 0 Å². The lowest BCUT2D eigenvalue weighted by Gasteiger charge is -2.41. The van der Waals surface area contributed by atoms with Crippen LogP contribution in [0.3, 0.4) is 0 Å². The van der Waals surface area contributed by atoms with Gasteiger partial charge in [-0.3, -0.25) is 4.79 Å². The Kier molecular flexibility index (Phi) is 5.74. The average Bonchev–Trinajstić information content (AvgIpc) is 2.23. The van der Waals surface area contributed by atoms with Gasteiger partial charge >= 0.3 is 0 Å². The Morgan fingerprint density at radius 3 is 2.47 bits per heavy atom. The highest BCUT2D eigenvalue weighted by Gasteiger charge is 2.40. The maximum absolute atomic E-state index is 12.3. The largest absolute Gasteiger partial charge is 0.378 e. The first-order valence-electron chi connectivity index (χ1n) is 6.45. The zero-order valence-corrected chi connectivity index (χ0v) is 11.9. The molecule has 0 bridgehead atoms. The van der Waals surface area contributed by atoms with Gasteiger partial charge in [0.25, 0.3) is 0 Å². The number of carbonyl (C=O) groups is 1. The molecule has 1 aliphatic rings. The Balaban J connectivity index is 2.52. The number of alkyl halides is 1. The third-order valence-corrected chi connectivity index (χ3v) is 3.91. The number of nitrogens with zero attached hydrogens (tertiary/aromatic N) is 1. The molecular weight excluding hydrogens is 238 g/mol. The highest BCUT2D eigenvalue weighted by Crippen LogP contribution is 2.38. The summed E-state index contributed by atoms with van der Waals surface area (Å²) in [6, 6.07) is 0.236. The van der Waals surface area contributed by atoms with E-state index in [9.17, 15) is 4.79 Å². The van der Waals surface area contributed by atoms with E-state index in [0.29, 0.717) is 12.3 Å². The second-order valence-corrected chi connectivity index (χ2v) is 5.52. The normalized spacial score (nSPS) is 17.9. The molecule has 0 aromatic heterocycles. The van der Waals surface area contributed by atoms with Crippen LogP contribution in [0.5, 0.6) is 0 Å². The molecule has 100 valence electrons. The Bertz CT molecular complexity index is 246. The molecule has 3 nitrogen and oxygen atoms in total. The molecule has 0 saturated heterocycles. The summed E-state index contributed by atoms with van der Waals surface area (Å²) < 4.78 is 5.51. The topological polar surface area (TPSA) is 29.5 Å². The summed E-state index contributed by atoms with van der Waals surface area (Å²) in [6.45, 7) is 4.85. The lowest BCUT2D eigenvalue weighted by molar-refractivity contribution is -0.145. The van der Waals surface area contributed by atoms with Crippen LogP contribution in [0.25, 0.3) is 0 Å². The standard InChI is InChI=1S/C13H24ClNO2/c1-11(2)15(9-5-8-14)12(16)10-13(17-3)6-4-7-13/h11H,4-10H2,1-3H3. The lowest BCUT2D eigenvalue weighted by Crippen LogP contribution is -2.47. The minimum atomic E-state index is -0.175. The number of rotatable bonds is 7. The highest BCUT2D eigenvalue weighted by atomic mass is 35.5. The number of carbonyl (C=O) groups excluding carboxylic acids is 1. The van der Waals surface area contributed by atoms with Crippen molar-refractivity contribution in [1.29, 1.82) is 0 Å². The summed E-state index contributed by atoms with van der Waals surface area (Å²) in [4.78, 5) is 14.2. The quantitative estimate of drug-likeness (QED) is 0.660. The maximum atomic E-state index is 12.3. The van der Waals surface area contributed by atoms with E-state index in [1.165, 1.54) is 6.42 Å². The van der Waals surface area contributed by atoms with E-state index in [1.54, 1.807) is 7.11 Å². The fourth-order valence-electron chi connectivity index (χ4n) is 2.30. The van der Waals surface area contributed by atoms with E-state index in [4.69, 9.17) is 16.3 Å². The zero-order chi connectivity index (χ0) is 12.9.